The number of nitrogens with one attached hydrogen (secondary N) is 2. The lowest BCUT2D eigenvalue weighted by molar-refractivity contribution is 0.0949. The third-order valence-corrected chi connectivity index (χ3v) is 5.32. The number of amidine groups is 1. The third-order valence-electron chi connectivity index (χ3n) is 4.45. The molecular weight excluding hydrogens is 396 g/mol. The molecule has 0 bridgehead atoms. The standard InChI is InChI=1S/C21H15F2N3O2S/c22-14-5-6-16(18(23)9-14)21(28)26-19-17-8-12(3-4-13(17)10-24-19)20(27)25-11-15-2-1-7-29-15/h1-9H,10-11H2,(H,25,27)(H,24,26,28). The summed E-state index contributed by atoms with van der Waals surface area (Å²) in [6, 6.07) is 11.7. The van der Waals surface area contributed by atoms with E-state index in [0.29, 0.717) is 30.3 Å². The first-order valence-electron chi connectivity index (χ1n) is 8.76. The summed E-state index contributed by atoms with van der Waals surface area (Å²) < 4.78 is 26.9. The molecule has 2 heterocycles. The van der Waals surface area contributed by atoms with Crippen molar-refractivity contribution in [1.29, 1.82) is 0 Å². The smallest absolute Gasteiger partial charge is 0.259 e. The van der Waals surface area contributed by atoms with Crippen molar-refractivity contribution in [1.82, 2.24) is 10.6 Å². The SMILES string of the molecule is O=C(NCc1cccs1)c1ccc2c(c1)C(NC(=O)c1ccc(F)cc1F)=NC2. The van der Waals surface area contributed by atoms with Crippen LogP contribution in [0.3, 0.4) is 0 Å². The number of aliphatic imine (C=N–C) groups is 1. The van der Waals surface area contributed by atoms with E-state index in [1.165, 1.54) is 0 Å². The van der Waals surface area contributed by atoms with Crippen LogP contribution >= 0.6 is 11.3 Å². The summed E-state index contributed by atoms with van der Waals surface area (Å²) in [5.41, 5.74) is 1.59. The van der Waals surface area contributed by atoms with Crippen LogP contribution in [0.2, 0.25) is 0 Å². The minimum absolute atomic E-state index is 0.247. The maximum Gasteiger partial charge on any atom is 0.259 e. The highest BCUT2D eigenvalue weighted by Gasteiger charge is 2.22. The molecule has 0 saturated heterocycles. The Bertz CT molecular complexity index is 1130. The molecule has 3 aromatic rings. The van der Waals surface area contributed by atoms with Gasteiger partial charge in [0.15, 0.2) is 0 Å². The first-order valence-corrected chi connectivity index (χ1v) is 9.64. The zero-order valence-electron chi connectivity index (χ0n) is 15.0. The topological polar surface area (TPSA) is 70.6 Å². The van der Waals surface area contributed by atoms with E-state index in [0.717, 1.165) is 22.6 Å². The molecule has 0 spiro atoms. The number of rotatable bonds is 4. The lowest BCUT2D eigenvalue weighted by Crippen LogP contribution is -2.31. The first kappa shape index (κ1) is 18.9. The fourth-order valence-electron chi connectivity index (χ4n) is 2.96. The summed E-state index contributed by atoms with van der Waals surface area (Å²) in [6.07, 6.45) is 0. The molecule has 0 atom stereocenters. The highest BCUT2D eigenvalue weighted by molar-refractivity contribution is 7.09. The number of halogens is 2. The summed E-state index contributed by atoms with van der Waals surface area (Å²) in [7, 11) is 0. The largest absolute Gasteiger partial charge is 0.347 e. The van der Waals surface area contributed by atoms with E-state index in [2.05, 4.69) is 15.6 Å². The van der Waals surface area contributed by atoms with Gasteiger partial charge in [-0.1, -0.05) is 12.1 Å². The quantitative estimate of drug-likeness (QED) is 0.688. The minimum Gasteiger partial charge on any atom is -0.347 e. The molecule has 5 nitrogen and oxygen atoms in total. The fraction of sp³-hybridized carbons (Fsp3) is 0.0952. The van der Waals surface area contributed by atoms with E-state index < -0.39 is 17.5 Å². The lowest BCUT2D eigenvalue weighted by Gasteiger charge is -2.09. The van der Waals surface area contributed by atoms with Gasteiger partial charge in [-0.25, -0.2) is 8.78 Å². The first-order chi connectivity index (χ1) is 14.0. The van der Waals surface area contributed by atoms with Crippen LogP contribution in [0.1, 0.15) is 36.7 Å². The maximum atomic E-state index is 13.8. The Balaban J connectivity index is 1.49. The molecule has 0 fully saturated rings. The van der Waals surface area contributed by atoms with Crippen molar-refractivity contribution in [3.63, 3.8) is 0 Å². The molecule has 4 rings (SSSR count). The number of hydrogen-bond acceptors (Lipinski definition) is 4. The van der Waals surface area contributed by atoms with E-state index in [1.807, 2.05) is 17.5 Å². The van der Waals surface area contributed by atoms with Crippen LogP contribution in [0.4, 0.5) is 8.78 Å². The number of fused-ring (bicyclic) bond motifs is 1. The number of thiophene rings is 1. The second-order valence-corrected chi connectivity index (χ2v) is 7.41. The summed E-state index contributed by atoms with van der Waals surface area (Å²) in [5, 5.41) is 7.33. The van der Waals surface area contributed by atoms with E-state index in [-0.39, 0.29) is 17.3 Å². The van der Waals surface area contributed by atoms with Crippen molar-refractivity contribution < 1.29 is 18.4 Å². The van der Waals surface area contributed by atoms with Crippen molar-refractivity contribution in [3.05, 3.63) is 92.7 Å². The van der Waals surface area contributed by atoms with Gasteiger partial charge < -0.3 is 10.6 Å². The monoisotopic (exact) mass is 411 g/mol. The van der Waals surface area contributed by atoms with Crippen LogP contribution in [0.5, 0.6) is 0 Å². The molecule has 0 aliphatic carbocycles. The van der Waals surface area contributed by atoms with E-state index in [9.17, 15) is 18.4 Å². The van der Waals surface area contributed by atoms with Gasteiger partial charge in [-0.15, -0.1) is 11.3 Å². The summed E-state index contributed by atoms with van der Waals surface area (Å²) >= 11 is 1.55. The Morgan fingerprint density at radius 2 is 1.93 bits per heavy atom. The zero-order chi connectivity index (χ0) is 20.4. The molecule has 0 unspecified atom stereocenters. The second-order valence-electron chi connectivity index (χ2n) is 6.38. The summed E-state index contributed by atoms with van der Waals surface area (Å²) in [4.78, 5) is 30.1. The van der Waals surface area contributed by atoms with E-state index in [1.54, 1.807) is 29.5 Å². The van der Waals surface area contributed by atoms with Crippen LogP contribution in [0, 0.1) is 11.6 Å². The van der Waals surface area contributed by atoms with Crippen molar-refractivity contribution >= 4 is 29.0 Å². The minimum atomic E-state index is -0.956. The van der Waals surface area contributed by atoms with Gasteiger partial charge in [0.1, 0.15) is 17.5 Å². The molecule has 0 saturated carbocycles. The highest BCUT2D eigenvalue weighted by Crippen LogP contribution is 2.20. The van der Waals surface area contributed by atoms with Gasteiger partial charge in [-0.2, -0.15) is 0 Å². The summed E-state index contributed by atoms with van der Waals surface area (Å²) in [6.45, 7) is 0.767. The number of carbonyl (C=O) groups excluding carboxylic acids is 2. The molecule has 2 aromatic carbocycles. The fourth-order valence-corrected chi connectivity index (χ4v) is 3.61. The molecule has 2 N–H and O–H groups in total. The van der Waals surface area contributed by atoms with E-state index >= 15 is 0 Å². The van der Waals surface area contributed by atoms with Crippen molar-refractivity contribution in [2.45, 2.75) is 13.1 Å². The van der Waals surface area contributed by atoms with Gasteiger partial charge in [-0.05, 0) is 41.3 Å². The van der Waals surface area contributed by atoms with Crippen LogP contribution in [-0.2, 0) is 13.1 Å². The molecule has 1 aromatic heterocycles. The summed E-state index contributed by atoms with van der Waals surface area (Å²) in [5.74, 6) is -2.45. The average Bonchev–Trinajstić information content (AvgIpc) is 3.36. The second kappa shape index (κ2) is 7.92. The maximum absolute atomic E-state index is 13.8. The number of hydrogen-bond donors (Lipinski definition) is 2. The normalized spacial score (nSPS) is 12.3. The molecule has 29 heavy (non-hydrogen) atoms. The third kappa shape index (κ3) is 4.07. The van der Waals surface area contributed by atoms with E-state index in [4.69, 9.17) is 0 Å². The number of benzene rings is 2. The molecular formula is C21H15F2N3O2S. The number of nitrogens with zero attached hydrogens (tertiary/aromatic N) is 1. The van der Waals surface area contributed by atoms with Crippen LogP contribution in [-0.4, -0.2) is 17.6 Å². The van der Waals surface area contributed by atoms with Gasteiger partial charge in [0, 0.05) is 22.1 Å². The molecule has 0 radical (unpaired) electrons. The van der Waals surface area contributed by atoms with Gasteiger partial charge in [0.25, 0.3) is 11.8 Å². The van der Waals surface area contributed by atoms with Crippen molar-refractivity contribution in [2.24, 2.45) is 4.99 Å². The Kier molecular flexibility index (Phi) is 5.18. The van der Waals surface area contributed by atoms with Crippen molar-refractivity contribution in [3.8, 4) is 0 Å². The predicted molar refractivity (Wildman–Crippen MR) is 106 cm³/mol. The lowest BCUT2D eigenvalue weighted by atomic mass is 10.0. The highest BCUT2D eigenvalue weighted by atomic mass is 32.1. The zero-order valence-corrected chi connectivity index (χ0v) is 15.9. The Morgan fingerprint density at radius 3 is 2.69 bits per heavy atom. The number of carbonyl (C=O) groups is 2. The van der Waals surface area contributed by atoms with Gasteiger partial charge >= 0.3 is 0 Å². The molecule has 1 aliphatic rings. The van der Waals surface area contributed by atoms with Crippen LogP contribution in [0.15, 0.2) is 58.9 Å². The molecule has 1 aliphatic heterocycles. The predicted octanol–water partition coefficient (Wildman–Crippen LogP) is 3.65. The Labute approximate surface area is 169 Å². The van der Waals surface area contributed by atoms with Crippen LogP contribution in [0.25, 0.3) is 0 Å². The van der Waals surface area contributed by atoms with Crippen LogP contribution < -0.4 is 10.6 Å². The van der Waals surface area contributed by atoms with Gasteiger partial charge in [-0.3, -0.25) is 14.6 Å². The number of amides is 2. The van der Waals surface area contributed by atoms with Crippen molar-refractivity contribution in [2.75, 3.05) is 0 Å². The molecule has 146 valence electrons. The molecule has 2 amide bonds. The Morgan fingerprint density at radius 1 is 1.07 bits per heavy atom. The molecule has 8 heteroatoms. The van der Waals surface area contributed by atoms with Gasteiger partial charge in [0.2, 0.25) is 0 Å². The van der Waals surface area contributed by atoms with Gasteiger partial charge in [0.05, 0.1) is 18.7 Å². The Hall–Kier alpha value is -3.39. The average molecular weight is 411 g/mol.